The molecule has 1 heterocycles. The maximum Gasteiger partial charge on any atom is 0.154 e. The third-order valence-corrected chi connectivity index (χ3v) is 2.96. The predicted octanol–water partition coefficient (Wildman–Crippen LogP) is 2.47. The Kier molecular flexibility index (Phi) is 4.53. The highest BCUT2D eigenvalue weighted by Crippen LogP contribution is 2.25. The highest BCUT2D eigenvalue weighted by Gasteiger charge is 2.08. The van der Waals surface area contributed by atoms with E-state index in [2.05, 4.69) is 10.3 Å². The van der Waals surface area contributed by atoms with Crippen LogP contribution in [0.4, 0.5) is 17.2 Å². The molecule has 0 aliphatic rings. The van der Waals surface area contributed by atoms with Gasteiger partial charge in [-0.1, -0.05) is 18.2 Å². The topological polar surface area (TPSA) is 84.0 Å². The molecule has 2 rings (SSSR count). The summed E-state index contributed by atoms with van der Waals surface area (Å²) in [6, 6.07) is 11.5. The smallest absolute Gasteiger partial charge is 0.154 e. The Morgan fingerprint density at radius 3 is 2.90 bits per heavy atom. The van der Waals surface area contributed by atoms with Crippen molar-refractivity contribution in [3.8, 4) is 6.07 Å². The van der Waals surface area contributed by atoms with Gasteiger partial charge >= 0.3 is 0 Å². The van der Waals surface area contributed by atoms with E-state index in [1.54, 1.807) is 19.4 Å². The molecule has 0 aliphatic carbocycles. The van der Waals surface area contributed by atoms with Gasteiger partial charge in [-0.25, -0.2) is 4.98 Å². The van der Waals surface area contributed by atoms with Gasteiger partial charge in [-0.2, -0.15) is 5.26 Å². The standard InChI is InChI=1S/C15H16N4O/c1-20-9-7-11-4-2-3-5-13(11)19-15-14(17)12(10-16)6-8-18-15/h2-6,8H,7,9,17H2,1H3,(H,18,19). The third kappa shape index (κ3) is 3.05. The van der Waals surface area contributed by atoms with Gasteiger partial charge in [-0.05, 0) is 24.1 Å². The van der Waals surface area contributed by atoms with Gasteiger partial charge in [0.2, 0.25) is 0 Å². The molecule has 0 fully saturated rings. The molecule has 1 aromatic carbocycles. The zero-order valence-corrected chi connectivity index (χ0v) is 11.3. The monoisotopic (exact) mass is 268 g/mol. The van der Waals surface area contributed by atoms with Crippen molar-refractivity contribution in [3.05, 3.63) is 47.7 Å². The normalized spacial score (nSPS) is 10.0. The molecule has 2 aromatic rings. The first-order valence-corrected chi connectivity index (χ1v) is 6.24. The Balaban J connectivity index is 2.29. The van der Waals surface area contributed by atoms with Crippen molar-refractivity contribution in [1.82, 2.24) is 4.98 Å². The number of anilines is 3. The van der Waals surface area contributed by atoms with Crippen LogP contribution in [-0.4, -0.2) is 18.7 Å². The number of hydrogen-bond acceptors (Lipinski definition) is 5. The van der Waals surface area contributed by atoms with E-state index < -0.39 is 0 Å². The second-order valence-electron chi connectivity index (χ2n) is 4.26. The molecular formula is C15H16N4O. The lowest BCUT2D eigenvalue weighted by Crippen LogP contribution is -2.04. The summed E-state index contributed by atoms with van der Waals surface area (Å²) in [5, 5.41) is 12.2. The van der Waals surface area contributed by atoms with Gasteiger partial charge in [0.15, 0.2) is 5.82 Å². The molecule has 5 nitrogen and oxygen atoms in total. The number of ether oxygens (including phenoxy) is 1. The molecule has 0 aliphatic heterocycles. The molecule has 0 spiro atoms. The number of para-hydroxylation sites is 1. The van der Waals surface area contributed by atoms with E-state index in [1.165, 1.54) is 0 Å². The number of hydrogen-bond donors (Lipinski definition) is 2. The number of nitrogens with zero attached hydrogens (tertiary/aromatic N) is 2. The summed E-state index contributed by atoms with van der Waals surface area (Å²) < 4.78 is 5.10. The number of rotatable bonds is 5. The highest BCUT2D eigenvalue weighted by molar-refractivity contribution is 5.74. The van der Waals surface area contributed by atoms with E-state index in [9.17, 15) is 0 Å². The van der Waals surface area contributed by atoms with Crippen molar-refractivity contribution >= 4 is 17.2 Å². The second kappa shape index (κ2) is 6.55. The minimum atomic E-state index is 0.358. The van der Waals surface area contributed by atoms with Crippen LogP contribution in [0.25, 0.3) is 0 Å². The van der Waals surface area contributed by atoms with Crippen LogP contribution >= 0.6 is 0 Å². The molecule has 0 saturated carbocycles. The largest absolute Gasteiger partial charge is 0.395 e. The molecule has 0 amide bonds. The second-order valence-corrected chi connectivity index (χ2v) is 4.26. The van der Waals surface area contributed by atoms with Crippen LogP contribution < -0.4 is 11.1 Å². The van der Waals surface area contributed by atoms with E-state index in [0.29, 0.717) is 23.7 Å². The summed E-state index contributed by atoms with van der Waals surface area (Å²) in [5.41, 5.74) is 8.72. The number of aromatic nitrogens is 1. The minimum Gasteiger partial charge on any atom is -0.395 e. The van der Waals surface area contributed by atoms with Gasteiger partial charge < -0.3 is 15.8 Å². The van der Waals surface area contributed by atoms with Crippen molar-refractivity contribution in [3.63, 3.8) is 0 Å². The van der Waals surface area contributed by atoms with Gasteiger partial charge in [0, 0.05) is 19.0 Å². The SMILES string of the molecule is COCCc1ccccc1Nc1nccc(C#N)c1N. The predicted molar refractivity (Wildman–Crippen MR) is 78.7 cm³/mol. The van der Waals surface area contributed by atoms with Crippen LogP contribution in [0, 0.1) is 11.3 Å². The van der Waals surface area contributed by atoms with Crippen LogP contribution in [0.1, 0.15) is 11.1 Å². The average Bonchev–Trinajstić information content (AvgIpc) is 2.48. The molecule has 0 atom stereocenters. The zero-order valence-electron chi connectivity index (χ0n) is 11.3. The lowest BCUT2D eigenvalue weighted by molar-refractivity contribution is 0.202. The van der Waals surface area contributed by atoms with E-state index >= 15 is 0 Å². The number of benzene rings is 1. The fourth-order valence-electron chi connectivity index (χ4n) is 1.87. The quantitative estimate of drug-likeness (QED) is 0.870. The van der Waals surface area contributed by atoms with Crippen molar-refractivity contribution in [2.75, 3.05) is 24.8 Å². The number of methoxy groups -OCH3 is 1. The van der Waals surface area contributed by atoms with E-state index in [4.69, 9.17) is 15.7 Å². The van der Waals surface area contributed by atoms with Crippen molar-refractivity contribution < 1.29 is 4.74 Å². The summed E-state index contributed by atoms with van der Waals surface area (Å²) in [4.78, 5) is 4.19. The molecule has 0 bridgehead atoms. The lowest BCUT2D eigenvalue weighted by atomic mass is 10.1. The van der Waals surface area contributed by atoms with E-state index in [0.717, 1.165) is 17.7 Å². The van der Waals surface area contributed by atoms with Gasteiger partial charge in [-0.15, -0.1) is 0 Å². The lowest BCUT2D eigenvalue weighted by Gasteiger charge is -2.13. The molecule has 3 N–H and O–H groups in total. The Bertz CT molecular complexity index is 634. The molecule has 0 radical (unpaired) electrons. The van der Waals surface area contributed by atoms with Crippen LogP contribution in [0.2, 0.25) is 0 Å². The summed E-state index contributed by atoms with van der Waals surface area (Å²) in [6.07, 6.45) is 2.35. The number of nitrogen functional groups attached to an aromatic ring is 1. The van der Waals surface area contributed by atoms with Crippen LogP contribution in [-0.2, 0) is 11.2 Å². The first-order valence-electron chi connectivity index (χ1n) is 6.24. The maximum atomic E-state index is 8.98. The Morgan fingerprint density at radius 2 is 2.15 bits per heavy atom. The summed E-state index contributed by atoms with van der Waals surface area (Å²) in [5.74, 6) is 0.494. The highest BCUT2D eigenvalue weighted by atomic mass is 16.5. The van der Waals surface area contributed by atoms with Gasteiger partial charge in [-0.3, -0.25) is 0 Å². The summed E-state index contributed by atoms with van der Waals surface area (Å²) in [7, 11) is 1.67. The van der Waals surface area contributed by atoms with Gasteiger partial charge in [0.25, 0.3) is 0 Å². The van der Waals surface area contributed by atoms with E-state index in [-0.39, 0.29) is 0 Å². The third-order valence-electron chi connectivity index (χ3n) is 2.96. The molecule has 0 unspecified atom stereocenters. The number of nitrogens with two attached hydrogens (primary N) is 1. The number of nitrogens with one attached hydrogen (secondary N) is 1. The van der Waals surface area contributed by atoms with Crippen LogP contribution in [0.15, 0.2) is 36.5 Å². The molecule has 0 saturated heterocycles. The minimum absolute atomic E-state index is 0.358. The summed E-state index contributed by atoms with van der Waals surface area (Å²) in [6.45, 7) is 0.639. The number of pyridine rings is 1. The number of nitriles is 1. The van der Waals surface area contributed by atoms with Crippen molar-refractivity contribution in [2.45, 2.75) is 6.42 Å². The first-order chi connectivity index (χ1) is 9.76. The fraction of sp³-hybridized carbons (Fsp3) is 0.200. The molecule has 5 heteroatoms. The zero-order chi connectivity index (χ0) is 14.4. The maximum absolute atomic E-state index is 8.98. The van der Waals surface area contributed by atoms with Crippen LogP contribution in [0.3, 0.4) is 0 Å². The van der Waals surface area contributed by atoms with Gasteiger partial charge in [0.1, 0.15) is 6.07 Å². The molecule has 20 heavy (non-hydrogen) atoms. The van der Waals surface area contributed by atoms with Gasteiger partial charge in [0.05, 0.1) is 17.9 Å². The van der Waals surface area contributed by atoms with Crippen molar-refractivity contribution in [2.24, 2.45) is 0 Å². The van der Waals surface area contributed by atoms with Crippen LogP contribution in [0.5, 0.6) is 0 Å². The fourth-order valence-corrected chi connectivity index (χ4v) is 1.87. The Hall–Kier alpha value is -2.58. The molecular weight excluding hydrogens is 252 g/mol. The summed E-state index contributed by atoms with van der Waals surface area (Å²) >= 11 is 0. The molecule has 102 valence electrons. The average molecular weight is 268 g/mol. The molecule has 1 aromatic heterocycles. The van der Waals surface area contributed by atoms with E-state index in [1.807, 2.05) is 30.3 Å². The first kappa shape index (κ1) is 13.8. The van der Waals surface area contributed by atoms with Crippen molar-refractivity contribution in [1.29, 1.82) is 5.26 Å². The Labute approximate surface area is 118 Å². The Morgan fingerprint density at radius 1 is 1.35 bits per heavy atom.